The molecule has 1 aliphatic rings. The predicted octanol–water partition coefficient (Wildman–Crippen LogP) is 4.24. The molecule has 1 atom stereocenters. The van der Waals surface area contributed by atoms with Crippen molar-refractivity contribution >= 4 is 5.91 Å². The van der Waals surface area contributed by atoms with Gasteiger partial charge in [0.1, 0.15) is 0 Å². The summed E-state index contributed by atoms with van der Waals surface area (Å²) in [5.74, 6) is 2.21. The molecule has 1 aliphatic carbocycles. The average Bonchev–Trinajstić information content (AvgIpc) is 3.02. The molecule has 2 rings (SSSR count). The number of rotatable bonds is 8. The molecule has 23 heavy (non-hydrogen) atoms. The molecule has 0 saturated heterocycles. The summed E-state index contributed by atoms with van der Waals surface area (Å²) < 4.78 is 11.2. The van der Waals surface area contributed by atoms with Crippen molar-refractivity contribution in [2.45, 2.75) is 58.9 Å². The summed E-state index contributed by atoms with van der Waals surface area (Å²) in [6, 6.07) is 5.85. The Morgan fingerprint density at radius 2 is 1.83 bits per heavy atom. The topological polar surface area (TPSA) is 47.6 Å². The van der Waals surface area contributed by atoms with Crippen molar-refractivity contribution in [2.75, 3.05) is 13.2 Å². The number of benzene rings is 1. The van der Waals surface area contributed by atoms with Crippen LogP contribution in [-0.2, 0) is 4.79 Å². The van der Waals surface area contributed by atoms with Gasteiger partial charge in [0, 0.05) is 6.42 Å². The summed E-state index contributed by atoms with van der Waals surface area (Å²) in [6.45, 7) is 7.11. The Bertz CT molecular complexity index is 509. The standard InChI is InChI=1S/C19H29NO3/c1-4-22-17-11-10-16(13-18(17)23-5-2)14(3)20-19(21)12-15-8-6-7-9-15/h10-11,13-15H,4-9,12H2,1-3H3,(H,20,21). The van der Waals surface area contributed by atoms with Crippen molar-refractivity contribution in [3.05, 3.63) is 23.8 Å². The molecule has 0 spiro atoms. The van der Waals surface area contributed by atoms with Gasteiger partial charge in [-0.25, -0.2) is 0 Å². The lowest BCUT2D eigenvalue weighted by Crippen LogP contribution is -2.28. The van der Waals surface area contributed by atoms with Crippen LogP contribution in [0.3, 0.4) is 0 Å². The molecule has 0 radical (unpaired) electrons. The summed E-state index contributed by atoms with van der Waals surface area (Å²) in [4.78, 5) is 12.2. The van der Waals surface area contributed by atoms with Gasteiger partial charge in [-0.2, -0.15) is 0 Å². The van der Waals surface area contributed by atoms with Crippen LogP contribution < -0.4 is 14.8 Å². The Kier molecular flexibility index (Phi) is 6.75. The Labute approximate surface area is 139 Å². The molecular formula is C19H29NO3. The minimum Gasteiger partial charge on any atom is -0.490 e. The van der Waals surface area contributed by atoms with Crippen molar-refractivity contribution in [1.82, 2.24) is 5.32 Å². The van der Waals surface area contributed by atoms with E-state index >= 15 is 0 Å². The number of carbonyl (C=O) groups is 1. The summed E-state index contributed by atoms with van der Waals surface area (Å²) >= 11 is 0. The SMILES string of the molecule is CCOc1ccc(C(C)NC(=O)CC2CCCC2)cc1OCC. The van der Waals surface area contributed by atoms with Crippen molar-refractivity contribution < 1.29 is 14.3 Å². The highest BCUT2D eigenvalue weighted by Gasteiger charge is 2.20. The lowest BCUT2D eigenvalue weighted by Gasteiger charge is -2.18. The van der Waals surface area contributed by atoms with Crippen molar-refractivity contribution in [3.8, 4) is 11.5 Å². The lowest BCUT2D eigenvalue weighted by molar-refractivity contribution is -0.122. The van der Waals surface area contributed by atoms with Crippen molar-refractivity contribution in [1.29, 1.82) is 0 Å². The van der Waals surface area contributed by atoms with Crippen LogP contribution in [0.4, 0.5) is 0 Å². The van der Waals surface area contributed by atoms with Crippen LogP contribution in [0.15, 0.2) is 18.2 Å². The fourth-order valence-electron chi connectivity index (χ4n) is 3.20. The van der Waals surface area contributed by atoms with Crippen LogP contribution in [0, 0.1) is 5.92 Å². The quantitative estimate of drug-likeness (QED) is 0.779. The minimum absolute atomic E-state index is 0.0289. The van der Waals surface area contributed by atoms with Crippen LogP contribution in [-0.4, -0.2) is 19.1 Å². The first-order valence-corrected chi connectivity index (χ1v) is 8.82. The molecule has 1 fully saturated rings. The molecule has 1 amide bonds. The highest BCUT2D eigenvalue weighted by atomic mass is 16.5. The van der Waals surface area contributed by atoms with Crippen LogP contribution >= 0.6 is 0 Å². The van der Waals surface area contributed by atoms with Gasteiger partial charge in [-0.15, -0.1) is 0 Å². The van der Waals surface area contributed by atoms with Gasteiger partial charge in [0.2, 0.25) is 5.91 Å². The number of ether oxygens (including phenoxy) is 2. The Hall–Kier alpha value is -1.71. The molecule has 0 heterocycles. The third-order valence-corrected chi connectivity index (χ3v) is 4.39. The number of hydrogen-bond acceptors (Lipinski definition) is 3. The Morgan fingerprint density at radius 3 is 2.48 bits per heavy atom. The third-order valence-electron chi connectivity index (χ3n) is 4.39. The molecule has 128 valence electrons. The monoisotopic (exact) mass is 319 g/mol. The second kappa shape index (κ2) is 8.80. The van der Waals surface area contributed by atoms with Crippen molar-refractivity contribution in [3.63, 3.8) is 0 Å². The molecule has 4 heteroatoms. The van der Waals surface area contributed by atoms with E-state index in [-0.39, 0.29) is 11.9 Å². The molecule has 1 unspecified atom stereocenters. The fraction of sp³-hybridized carbons (Fsp3) is 0.632. The molecule has 0 aliphatic heterocycles. The maximum atomic E-state index is 12.2. The first-order valence-electron chi connectivity index (χ1n) is 8.82. The van der Waals surface area contributed by atoms with Gasteiger partial charge in [0.25, 0.3) is 0 Å². The van der Waals surface area contributed by atoms with Gasteiger partial charge in [-0.3, -0.25) is 4.79 Å². The maximum Gasteiger partial charge on any atom is 0.220 e. The van der Waals surface area contributed by atoms with E-state index < -0.39 is 0 Å². The first-order chi connectivity index (χ1) is 11.1. The highest BCUT2D eigenvalue weighted by Crippen LogP contribution is 2.31. The van der Waals surface area contributed by atoms with Gasteiger partial charge < -0.3 is 14.8 Å². The van der Waals surface area contributed by atoms with E-state index in [2.05, 4.69) is 5.32 Å². The number of carbonyl (C=O) groups excluding carboxylic acids is 1. The molecule has 1 aromatic carbocycles. The molecular weight excluding hydrogens is 290 g/mol. The smallest absolute Gasteiger partial charge is 0.220 e. The maximum absolute atomic E-state index is 12.2. The van der Waals surface area contributed by atoms with Crippen LogP contribution in [0.1, 0.15) is 64.5 Å². The second-order valence-corrected chi connectivity index (χ2v) is 6.22. The first kappa shape index (κ1) is 17.6. The van der Waals surface area contributed by atoms with Crippen LogP contribution in [0.25, 0.3) is 0 Å². The summed E-state index contributed by atoms with van der Waals surface area (Å²) in [5, 5.41) is 3.11. The van der Waals surface area contributed by atoms with E-state index in [4.69, 9.17) is 9.47 Å². The number of hydrogen-bond donors (Lipinski definition) is 1. The van der Waals surface area contributed by atoms with E-state index in [1.165, 1.54) is 25.7 Å². The van der Waals surface area contributed by atoms with Gasteiger partial charge in [-0.05, 0) is 57.2 Å². The van der Waals surface area contributed by atoms with E-state index in [1.807, 2.05) is 39.0 Å². The highest BCUT2D eigenvalue weighted by molar-refractivity contribution is 5.76. The molecule has 4 nitrogen and oxygen atoms in total. The third kappa shape index (κ3) is 5.15. The minimum atomic E-state index is -0.0289. The van der Waals surface area contributed by atoms with Gasteiger partial charge in [-0.1, -0.05) is 18.9 Å². The van der Waals surface area contributed by atoms with E-state index in [9.17, 15) is 4.79 Å². The molecule has 0 aromatic heterocycles. The Balaban J connectivity index is 1.98. The molecule has 0 bridgehead atoms. The zero-order valence-electron chi connectivity index (χ0n) is 14.6. The summed E-state index contributed by atoms with van der Waals surface area (Å²) in [7, 11) is 0. The summed E-state index contributed by atoms with van der Waals surface area (Å²) in [5.41, 5.74) is 1.04. The fourth-order valence-corrected chi connectivity index (χ4v) is 3.20. The van der Waals surface area contributed by atoms with E-state index in [0.717, 1.165) is 17.1 Å². The predicted molar refractivity (Wildman–Crippen MR) is 91.9 cm³/mol. The van der Waals surface area contributed by atoms with Crippen LogP contribution in [0.2, 0.25) is 0 Å². The van der Waals surface area contributed by atoms with Crippen LogP contribution in [0.5, 0.6) is 11.5 Å². The normalized spacial score (nSPS) is 16.1. The molecule has 1 aromatic rings. The Morgan fingerprint density at radius 1 is 1.17 bits per heavy atom. The second-order valence-electron chi connectivity index (χ2n) is 6.22. The van der Waals surface area contributed by atoms with Crippen molar-refractivity contribution in [2.24, 2.45) is 5.92 Å². The van der Waals surface area contributed by atoms with Gasteiger partial charge >= 0.3 is 0 Å². The zero-order valence-corrected chi connectivity index (χ0v) is 14.6. The average molecular weight is 319 g/mol. The molecule has 1 N–H and O–H groups in total. The zero-order chi connectivity index (χ0) is 16.7. The molecule has 1 saturated carbocycles. The number of amides is 1. The lowest BCUT2D eigenvalue weighted by atomic mass is 10.0. The van der Waals surface area contributed by atoms with Gasteiger partial charge in [0.05, 0.1) is 19.3 Å². The van der Waals surface area contributed by atoms with E-state index in [0.29, 0.717) is 25.6 Å². The van der Waals surface area contributed by atoms with Gasteiger partial charge in [0.15, 0.2) is 11.5 Å². The number of nitrogens with one attached hydrogen (secondary N) is 1. The summed E-state index contributed by atoms with van der Waals surface area (Å²) in [6.07, 6.45) is 5.58. The van der Waals surface area contributed by atoms with E-state index in [1.54, 1.807) is 0 Å². The largest absolute Gasteiger partial charge is 0.490 e.